The van der Waals surface area contributed by atoms with Crippen LogP contribution in [0.3, 0.4) is 0 Å². The number of hydrogen-bond acceptors (Lipinski definition) is 5. The van der Waals surface area contributed by atoms with Gasteiger partial charge in [0, 0.05) is 10.0 Å². The minimum Gasteiger partial charge on any atom is -0.337 e. The average molecular weight is 408 g/mol. The molecule has 1 aromatic heterocycles. The Morgan fingerprint density at radius 1 is 1.08 bits per heavy atom. The summed E-state index contributed by atoms with van der Waals surface area (Å²) in [4.78, 5) is 4.43. The molecule has 1 heterocycles. The topological polar surface area (TPSA) is 85.1 Å². The zero-order valence-electron chi connectivity index (χ0n) is 12.7. The average Bonchev–Trinajstić information content (AvgIpc) is 3.06. The summed E-state index contributed by atoms with van der Waals surface area (Å²) in [5, 5.41) is 3.89. The van der Waals surface area contributed by atoms with Crippen LogP contribution in [0.2, 0.25) is 0 Å². The minimum atomic E-state index is -3.68. The highest BCUT2D eigenvalue weighted by Gasteiger charge is 2.22. The molecule has 0 saturated carbocycles. The molecule has 0 radical (unpaired) electrons. The Balaban J connectivity index is 1.79. The van der Waals surface area contributed by atoms with Gasteiger partial charge < -0.3 is 4.52 Å². The van der Waals surface area contributed by atoms with E-state index < -0.39 is 16.1 Å². The lowest BCUT2D eigenvalue weighted by molar-refractivity contribution is 0.354. The molecule has 0 aliphatic heterocycles. The summed E-state index contributed by atoms with van der Waals surface area (Å²) in [7, 11) is -3.68. The van der Waals surface area contributed by atoms with E-state index in [2.05, 4.69) is 30.8 Å². The minimum absolute atomic E-state index is 0.167. The largest absolute Gasteiger partial charge is 0.337 e. The van der Waals surface area contributed by atoms with Crippen molar-refractivity contribution in [2.75, 3.05) is 0 Å². The Labute approximate surface area is 148 Å². The zero-order chi connectivity index (χ0) is 17.2. The van der Waals surface area contributed by atoms with E-state index in [1.165, 1.54) is 12.1 Å². The van der Waals surface area contributed by atoms with Gasteiger partial charge in [0.2, 0.25) is 21.7 Å². The normalized spacial score (nSPS) is 12.9. The van der Waals surface area contributed by atoms with Crippen molar-refractivity contribution in [3.8, 4) is 11.4 Å². The molecule has 124 valence electrons. The second-order valence-electron chi connectivity index (χ2n) is 5.12. The molecular formula is C16H14BrN3O3S. The molecule has 1 atom stereocenters. The predicted molar refractivity (Wildman–Crippen MR) is 92.6 cm³/mol. The number of halogens is 1. The number of rotatable bonds is 5. The molecule has 3 aromatic rings. The van der Waals surface area contributed by atoms with Crippen LogP contribution in [0.5, 0.6) is 0 Å². The Bertz CT molecular complexity index is 925. The fourth-order valence-corrected chi connectivity index (χ4v) is 3.54. The van der Waals surface area contributed by atoms with Crippen molar-refractivity contribution < 1.29 is 12.9 Å². The molecule has 0 amide bonds. The predicted octanol–water partition coefficient (Wildman–Crippen LogP) is 3.54. The first-order chi connectivity index (χ1) is 11.5. The van der Waals surface area contributed by atoms with Crippen LogP contribution in [0, 0.1) is 0 Å². The maximum Gasteiger partial charge on any atom is 0.244 e. The van der Waals surface area contributed by atoms with Crippen LogP contribution in [0.4, 0.5) is 0 Å². The van der Waals surface area contributed by atoms with E-state index >= 15 is 0 Å². The van der Waals surface area contributed by atoms with E-state index in [0.717, 1.165) is 10.0 Å². The second-order valence-corrected chi connectivity index (χ2v) is 7.75. The van der Waals surface area contributed by atoms with Crippen LogP contribution >= 0.6 is 15.9 Å². The summed E-state index contributed by atoms with van der Waals surface area (Å²) >= 11 is 3.28. The number of sulfonamides is 1. The van der Waals surface area contributed by atoms with Crippen LogP contribution in [0.25, 0.3) is 11.4 Å². The number of hydrogen-bond donors (Lipinski definition) is 1. The zero-order valence-corrected chi connectivity index (χ0v) is 15.1. The number of aromatic nitrogens is 2. The smallest absolute Gasteiger partial charge is 0.244 e. The fourth-order valence-electron chi connectivity index (χ4n) is 2.08. The van der Waals surface area contributed by atoms with Gasteiger partial charge in [-0.3, -0.25) is 0 Å². The highest BCUT2D eigenvalue weighted by atomic mass is 79.9. The fraction of sp³-hybridized carbons (Fsp3) is 0.125. The lowest BCUT2D eigenvalue weighted by Crippen LogP contribution is -2.27. The third-order valence-electron chi connectivity index (χ3n) is 3.30. The van der Waals surface area contributed by atoms with Gasteiger partial charge in [0.05, 0.1) is 10.9 Å². The van der Waals surface area contributed by atoms with Gasteiger partial charge in [-0.25, -0.2) is 8.42 Å². The monoisotopic (exact) mass is 407 g/mol. The van der Waals surface area contributed by atoms with E-state index in [4.69, 9.17) is 4.52 Å². The van der Waals surface area contributed by atoms with Gasteiger partial charge in [0.15, 0.2) is 0 Å². The standard InChI is InChI=1S/C16H14BrN3O3S/c1-11(20-24(21,22)14-9-7-13(17)8-10-14)16-18-15(19-23-16)12-5-3-2-4-6-12/h2-11,20H,1H3/t11-/m1/s1. The van der Waals surface area contributed by atoms with Gasteiger partial charge >= 0.3 is 0 Å². The maximum absolute atomic E-state index is 12.4. The molecule has 1 N–H and O–H groups in total. The molecule has 6 nitrogen and oxygen atoms in total. The van der Waals surface area contributed by atoms with Gasteiger partial charge in [0.1, 0.15) is 0 Å². The number of nitrogens with zero attached hydrogens (tertiary/aromatic N) is 2. The molecule has 0 unspecified atom stereocenters. The molecule has 8 heteroatoms. The van der Waals surface area contributed by atoms with Crippen molar-refractivity contribution in [3.05, 3.63) is 65.0 Å². The first-order valence-corrected chi connectivity index (χ1v) is 9.40. The third-order valence-corrected chi connectivity index (χ3v) is 5.39. The van der Waals surface area contributed by atoms with E-state index in [0.29, 0.717) is 5.82 Å². The van der Waals surface area contributed by atoms with Gasteiger partial charge in [0.25, 0.3) is 0 Å². The van der Waals surface area contributed by atoms with E-state index in [1.54, 1.807) is 19.1 Å². The highest BCUT2D eigenvalue weighted by molar-refractivity contribution is 9.10. The van der Waals surface area contributed by atoms with Gasteiger partial charge in [-0.15, -0.1) is 0 Å². The molecule has 0 aliphatic carbocycles. The van der Waals surface area contributed by atoms with E-state index in [9.17, 15) is 8.42 Å². The Morgan fingerprint density at radius 3 is 2.42 bits per heavy atom. The number of benzene rings is 2. The van der Waals surface area contributed by atoms with Gasteiger partial charge in [-0.2, -0.15) is 9.71 Å². The summed E-state index contributed by atoms with van der Waals surface area (Å²) in [6.45, 7) is 1.65. The molecule has 0 spiro atoms. The second kappa shape index (κ2) is 6.84. The van der Waals surface area contributed by atoms with Crippen molar-refractivity contribution in [3.63, 3.8) is 0 Å². The Morgan fingerprint density at radius 2 is 1.75 bits per heavy atom. The molecule has 2 aromatic carbocycles. The maximum atomic E-state index is 12.4. The van der Waals surface area contributed by atoms with Crippen LogP contribution < -0.4 is 4.72 Å². The SMILES string of the molecule is C[C@@H](NS(=O)(=O)c1ccc(Br)cc1)c1nc(-c2ccccc2)no1. The van der Waals surface area contributed by atoms with Crippen LogP contribution in [0.1, 0.15) is 18.9 Å². The summed E-state index contributed by atoms with van der Waals surface area (Å²) in [6.07, 6.45) is 0. The van der Waals surface area contributed by atoms with Crippen molar-refractivity contribution in [2.45, 2.75) is 17.9 Å². The van der Waals surface area contributed by atoms with Crippen LogP contribution in [0.15, 0.2) is 68.5 Å². The molecule has 3 rings (SSSR count). The Hall–Kier alpha value is -2.03. The molecule has 24 heavy (non-hydrogen) atoms. The number of nitrogens with one attached hydrogen (secondary N) is 1. The quantitative estimate of drug-likeness (QED) is 0.698. The first kappa shape index (κ1) is 16.8. The van der Waals surface area contributed by atoms with E-state index in [1.807, 2.05) is 30.3 Å². The third kappa shape index (κ3) is 3.72. The summed E-state index contributed by atoms with van der Waals surface area (Å²) < 4.78 is 33.3. The van der Waals surface area contributed by atoms with Gasteiger partial charge in [-0.1, -0.05) is 51.4 Å². The van der Waals surface area contributed by atoms with Crippen LogP contribution in [-0.2, 0) is 10.0 Å². The van der Waals surface area contributed by atoms with E-state index in [-0.39, 0.29) is 10.8 Å². The lowest BCUT2D eigenvalue weighted by atomic mass is 10.2. The summed E-state index contributed by atoms with van der Waals surface area (Å²) in [5.41, 5.74) is 0.801. The summed E-state index contributed by atoms with van der Waals surface area (Å²) in [6, 6.07) is 15.0. The molecule has 0 saturated heterocycles. The highest BCUT2D eigenvalue weighted by Crippen LogP contribution is 2.21. The first-order valence-electron chi connectivity index (χ1n) is 7.12. The Kier molecular flexibility index (Phi) is 4.79. The summed E-state index contributed by atoms with van der Waals surface area (Å²) in [5.74, 6) is 0.620. The van der Waals surface area contributed by atoms with Crippen LogP contribution in [-0.4, -0.2) is 18.6 Å². The lowest BCUT2D eigenvalue weighted by Gasteiger charge is -2.10. The van der Waals surface area contributed by atoms with Crippen molar-refractivity contribution in [1.82, 2.24) is 14.9 Å². The molecule has 0 bridgehead atoms. The van der Waals surface area contributed by atoms with Gasteiger partial charge in [-0.05, 0) is 31.2 Å². The van der Waals surface area contributed by atoms with Crippen molar-refractivity contribution in [1.29, 1.82) is 0 Å². The molecule has 0 fully saturated rings. The molecular weight excluding hydrogens is 394 g/mol. The van der Waals surface area contributed by atoms with Crippen molar-refractivity contribution >= 4 is 26.0 Å². The molecule has 0 aliphatic rings. The van der Waals surface area contributed by atoms with Crippen molar-refractivity contribution in [2.24, 2.45) is 0 Å².